The Morgan fingerprint density at radius 2 is 1.89 bits per heavy atom. The van der Waals surface area contributed by atoms with Crippen molar-refractivity contribution in [3.8, 4) is 5.75 Å². The van der Waals surface area contributed by atoms with Gasteiger partial charge in [-0.15, -0.1) is 0 Å². The molecule has 0 atom stereocenters. The number of likely N-dealkylation sites (N-methyl/N-ethyl adjacent to an activating group) is 1. The number of nitrogens with zero attached hydrogens (tertiary/aromatic N) is 1. The summed E-state index contributed by atoms with van der Waals surface area (Å²) in [6.45, 7) is 0.871. The lowest BCUT2D eigenvalue weighted by molar-refractivity contribution is -0.137. The molecule has 1 heterocycles. The number of carbonyl (C=O) groups is 2. The topological polar surface area (TPSA) is 58.6 Å². The molecule has 0 bridgehead atoms. The summed E-state index contributed by atoms with van der Waals surface area (Å²) in [5, 5.41) is 2.71. The van der Waals surface area contributed by atoms with Gasteiger partial charge in [0, 0.05) is 19.2 Å². The molecule has 148 valence electrons. The molecule has 8 heteroatoms. The van der Waals surface area contributed by atoms with Crippen LogP contribution in [0.4, 0.5) is 18.9 Å². The number of fused-ring (bicyclic) bond motifs is 1. The van der Waals surface area contributed by atoms with Gasteiger partial charge in [-0.1, -0.05) is 12.1 Å². The number of alkyl halides is 3. The second-order valence-electron chi connectivity index (χ2n) is 6.53. The van der Waals surface area contributed by atoms with Crippen LogP contribution < -0.4 is 10.1 Å². The molecule has 2 aromatic carbocycles. The zero-order chi connectivity index (χ0) is 20.3. The van der Waals surface area contributed by atoms with Gasteiger partial charge in [-0.3, -0.25) is 9.59 Å². The van der Waals surface area contributed by atoms with E-state index in [4.69, 9.17) is 4.74 Å². The molecule has 0 spiro atoms. The van der Waals surface area contributed by atoms with E-state index in [1.165, 1.54) is 12.1 Å². The molecule has 3 rings (SSSR count). The van der Waals surface area contributed by atoms with Crippen molar-refractivity contribution in [2.24, 2.45) is 0 Å². The molecule has 2 aromatic rings. The van der Waals surface area contributed by atoms with Gasteiger partial charge < -0.3 is 15.0 Å². The summed E-state index contributed by atoms with van der Waals surface area (Å²) in [4.78, 5) is 26.1. The Bertz CT molecular complexity index is 879. The van der Waals surface area contributed by atoms with E-state index < -0.39 is 11.7 Å². The Morgan fingerprint density at radius 3 is 2.57 bits per heavy atom. The van der Waals surface area contributed by atoms with E-state index in [0.717, 1.165) is 12.1 Å². The number of hydrogen-bond donors (Lipinski definition) is 1. The van der Waals surface area contributed by atoms with E-state index in [1.54, 1.807) is 30.1 Å². The lowest BCUT2D eigenvalue weighted by Gasteiger charge is -2.13. The van der Waals surface area contributed by atoms with Crippen LogP contribution in [0.1, 0.15) is 27.9 Å². The summed E-state index contributed by atoms with van der Waals surface area (Å²) in [5.74, 6) is -0.0133. The number of rotatable bonds is 4. The first-order valence-electron chi connectivity index (χ1n) is 8.72. The smallest absolute Gasteiger partial charge is 0.416 e. The number of aryl methyl sites for hydroxylation is 1. The number of anilines is 1. The van der Waals surface area contributed by atoms with E-state index >= 15 is 0 Å². The van der Waals surface area contributed by atoms with Crippen LogP contribution in [-0.4, -0.2) is 36.9 Å². The zero-order valence-corrected chi connectivity index (χ0v) is 15.2. The Kier molecular flexibility index (Phi) is 5.58. The summed E-state index contributed by atoms with van der Waals surface area (Å²) in [6.07, 6.45) is -3.97. The minimum atomic E-state index is -4.38. The first-order valence-corrected chi connectivity index (χ1v) is 8.72. The average molecular weight is 392 g/mol. The number of carbonyl (C=O) groups excluding carboxylic acids is 2. The van der Waals surface area contributed by atoms with Gasteiger partial charge in [0.15, 0.2) is 0 Å². The normalized spacial score (nSPS) is 14.1. The van der Waals surface area contributed by atoms with Crippen molar-refractivity contribution in [1.29, 1.82) is 0 Å². The molecule has 0 saturated carbocycles. The van der Waals surface area contributed by atoms with Crippen molar-refractivity contribution >= 4 is 17.5 Å². The maximum Gasteiger partial charge on any atom is 0.416 e. The van der Waals surface area contributed by atoms with E-state index in [2.05, 4.69) is 5.32 Å². The van der Waals surface area contributed by atoms with Crippen LogP contribution in [0.3, 0.4) is 0 Å². The molecule has 1 aliphatic rings. The van der Waals surface area contributed by atoms with Gasteiger partial charge >= 0.3 is 6.18 Å². The minimum Gasteiger partial charge on any atom is -0.491 e. The van der Waals surface area contributed by atoms with E-state index in [0.29, 0.717) is 42.1 Å². The molecule has 2 amide bonds. The molecule has 0 fully saturated rings. The van der Waals surface area contributed by atoms with Crippen molar-refractivity contribution in [3.05, 3.63) is 59.2 Å². The highest BCUT2D eigenvalue weighted by Gasteiger charge is 2.29. The number of amides is 2. The molecule has 0 aliphatic carbocycles. The Labute approximate surface area is 160 Å². The SMILES string of the molecule is CN1CCOc2ccc(NC(=O)CCc3ccc(C(F)(F)F)cc3)cc2C1=O. The predicted molar refractivity (Wildman–Crippen MR) is 97.3 cm³/mol. The van der Waals surface area contributed by atoms with Crippen molar-refractivity contribution in [1.82, 2.24) is 4.90 Å². The highest BCUT2D eigenvalue weighted by atomic mass is 19.4. The fraction of sp³-hybridized carbons (Fsp3) is 0.300. The predicted octanol–water partition coefficient (Wildman–Crippen LogP) is 3.74. The standard InChI is InChI=1S/C20H19F3N2O3/c1-25-10-11-28-17-8-7-15(12-16(17)19(25)27)24-18(26)9-4-13-2-5-14(6-3-13)20(21,22)23/h2-3,5-8,12H,4,9-11H2,1H3,(H,24,26). The van der Waals surface area contributed by atoms with Crippen LogP contribution in [-0.2, 0) is 17.4 Å². The van der Waals surface area contributed by atoms with Crippen LogP contribution in [0.2, 0.25) is 0 Å². The van der Waals surface area contributed by atoms with Crippen molar-refractivity contribution in [2.75, 3.05) is 25.5 Å². The van der Waals surface area contributed by atoms with Gasteiger partial charge in [-0.05, 0) is 42.3 Å². The van der Waals surface area contributed by atoms with E-state index in [9.17, 15) is 22.8 Å². The number of halogens is 3. The van der Waals surface area contributed by atoms with Gasteiger partial charge in [0.2, 0.25) is 5.91 Å². The summed E-state index contributed by atoms with van der Waals surface area (Å²) < 4.78 is 43.3. The molecule has 28 heavy (non-hydrogen) atoms. The number of hydrogen-bond acceptors (Lipinski definition) is 3. The first-order chi connectivity index (χ1) is 13.2. The third-order valence-corrected chi connectivity index (χ3v) is 4.45. The van der Waals surface area contributed by atoms with Crippen LogP contribution in [0.25, 0.3) is 0 Å². The van der Waals surface area contributed by atoms with Gasteiger partial charge in [-0.2, -0.15) is 13.2 Å². The fourth-order valence-corrected chi connectivity index (χ4v) is 2.84. The maximum absolute atomic E-state index is 12.6. The largest absolute Gasteiger partial charge is 0.491 e. The van der Waals surface area contributed by atoms with Gasteiger partial charge in [0.25, 0.3) is 5.91 Å². The second-order valence-corrected chi connectivity index (χ2v) is 6.53. The van der Waals surface area contributed by atoms with E-state index in [-0.39, 0.29) is 18.2 Å². The Hall–Kier alpha value is -3.03. The summed E-state index contributed by atoms with van der Waals surface area (Å²) >= 11 is 0. The lowest BCUT2D eigenvalue weighted by Crippen LogP contribution is -2.27. The van der Waals surface area contributed by atoms with Crippen molar-refractivity contribution in [3.63, 3.8) is 0 Å². The average Bonchev–Trinajstić information content (AvgIpc) is 2.79. The molecular weight excluding hydrogens is 373 g/mol. The van der Waals surface area contributed by atoms with Gasteiger partial charge in [0.05, 0.1) is 17.7 Å². The molecule has 0 aromatic heterocycles. The summed E-state index contributed by atoms with van der Waals surface area (Å²) in [5.41, 5.74) is 0.752. The third-order valence-electron chi connectivity index (χ3n) is 4.45. The number of nitrogens with one attached hydrogen (secondary N) is 1. The molecule has 0 unspecified atom stereocenters. The highest BCUT2D eigenvalue weighted by Crippen LogP contribution is 2.29. The Balaban J connectivity index is 1.61. The summed E-state index contributed by atoms with van der Waals surface area (Å²) in [6, 6.07) is 9.58. The van der Waals surface area contributed by atoms with Crippen molar-refractivity contribution < 1.29 is 27.5 Å². The highest BCUT2D eigenvalue weighted by molar-refractivity contribution is 5.99. The monoisotopic (exact) mass is 392 g/mol. The lowest BCUT2D eigenvalue weighted by atomic mass is 10.1. The molecular formula is C20H19F3N2O3. The minimum absolute atomic E-state index is 0.104. The summed E-state index contributed by atoms with van der Waals surface area (Å²) in [7, 11) is 1.68. The first kappa shape index (κ1) is 19.7. The molecule has 0 saturated heterocycles. The number of ether oxygens (including phenoxy) is 1. The van der Waals surface area contributed by atoms with Crippen LogP contribution in [0, 0.1) is 0 Å². The van der Waals surface area contributed by atoms with Crippen molar-refractivity contribution in [2.45, 2.75) is 19.0 Å². The van der Waals surface area contributed by atoms with Crippen LogP contribution >= 0.6 is 0 Å². The molecule has 0 radical (unpaired) electrons. The molecule has 1 aliphatic heterocycles. The Morgan fingerprint density at radius 1 is 1.18 bits per heavy atom. The van der Waals surface area contributed by atoms with Crippen LogP contribution in [0.5, 0.6) is 5.75 Å². The van der Waals surface area contributed by atoms with Gasteiger partial charge in [-0.25, -0.2) is 0 Å². The second kappa shape index (κ2) is 7.92. The fourth-order valence-electron chi connectivity index (χ4n) is 2.84. The third kappa shape index (κ3) is 4.62. The zero-order valence-electron chi connectivity index (χ0n) is 15.2. The van der Waals surface area contributed by atoms with Gasteiger partial charge in [0.1, 0.15) is 12.4 Å². The quantitative estimate of drug-likeness (QED) is 0.862. The van der Waals surface area contributed by atoms with Crippen LogP contribution in [0.15, 0.2) is 42.5 Å². The molecule has 1 N–H and O–H groups in total. The molecule has 5 nitrogen and oxygen atoms in total. The van der Waals surface area contributed by atoms with E-state index in [1.807, 2.05) is 0 Å². The number of benzene rings is 2. The maximum atomic E-state index is 12.6.